The summed E-state index contributed by atoms with van der Waals surface area (Å²) in [7, 11) is 0. The van der Waals surface area contributed by atoms with Gasteiger partial charge in [-0.05, 0) is 31.2 Å². The van der Waals surface area contributed by atoms with Crippen molar-refractivity contribution in [2.75, 3.05) is 5.32 Å². The maximum atomic E-state index is 11.3. The number of benzene rings is 1. The summed E-state index contributed by atoms with van der Waals surface area (Å²) in [5.41, 5.74) is 3.02. The van der Waals surface area contributed by atoms with Crippen LogP contribution in [0, 0.1) is 6.92 Å². The highest BCUT2D eigenvalue weighted by molar-refractivity contribution is 6.33. The van der Waals surface area contributed by atoms with E-state index < -0.39 is 0 Å². The summed E-state index contributed by atoms with van der Waals surface area (Å²) in [5.74, 6) is 0.508. The second kappa shape index (κ2) is 8.72. The molecular weight excluding hydrogens is 304 g/mol. The smallest absolute Gasteiger partial charge is 0.311 e. The van der Waals surface area contributed by atoms with Gasteiger partial charge in [-0.25, -0.2) is 4.98 Å². The van der Waals surface area contributed by atoms with Crippen LogP contribution >= 0.6 is 11.6 Å². The molecule has 22 heavy (non-hydrogen) atoms. The first-order chi connectivity index (χ1) is 10.5. The maximum absolute atomic E-state index is 11.3. The predicted molar refractivity (Wildman–Crippen MR) is 83.3 cm³/mol. The van der Waals surface area contributed by atoms with E-state index in [2.05, 4.69) is 10.3 Å². The Labute approximate surface area is 133 Å². The third-order valence-electron chi connectivity index (χ3n) is 2.78. The van der Waals surface area contributed by atoms with E-state index in [1.54, 1.807) is 19.2 Å². The summed E-state index contributed by atoms with van der Waals surface area (Å²) in [4.78, 5) is 31.7. The van der Waals surface area contributed by atoms with Gasteiger partial charge in [-0.2, -0.15) is 9.59 Å². The van der Waals surface area contributed by atoms with Gasteiger partial charge in [-0.1, -0.05) is 30.2 Å². The lowest BCUT2D eigenvalue weighted by atomic mass is 10.1. The van der Waals surface area contributed by atoms with Gasteiger partial charge in [-0.3, -0.25) is 4.79 Å². The summed E-state index contributed by atoms with van der Waals surface area (Å²) in [6.07, 6.45) is 2.40. The Morgan fingerprint density at radius 2 is 1.95 bits per heavy atom. The zero-order valence-electron chi connectivity index (χ0n) is 12.2. The highest BCUT2D eigenvalue weighted by atomic mass is 35.5. The minimum Gasteiger partial charge on any atom is -0.311 e. The van der Waals surface area contributed by atoms with Gasteiger partial charge < -0.3 is 5.32 Å². The number of aromatic nitrogens is 1. The average Bonchev–Trinajstić information content (AvgIpc) is 2.51. The van der Waals surface area contributed by atoms with Gasteiger partial charge in [0, 0.05) is 28.8 Å². The second-order valence-electron chi connectivity index (χ2n) is 4.40. The molecule has 1 amide bonds. The van der Waals surface area contributed by atoms with Crippen molar-refractivity contribution in [2.45, 2.75) is 20.3 Å². The van der Waals surface area contributed by atoms with E-state index in [-0.39, 0.29) is 12.1 Å². The van der Waals surface area contributed by atoms with Crippen molar-refractivity contribution in [3.05, 3.63) is 47.1 Å². The van der Waals surface area contributed by atoms with Crippen LogP contribution in [0.5, 0.6) is 0 Å². The maximum Gasteiger partial charge on any atom is 0.373 e. The van der Waals surface area contributed by atoms with E-state index in [4.69, 9.17) is 21.2 Å². The number of carbonyl (C=O) groups excluding carboxylic acids is 3. The standard InChI is InChI=1S/C15H15ClN2O.CO2/c1-3-15(19)18-14-7-5-11(9-17-14)12-8-10(2)4-6-13(12)16;2-1-3/h4-9H,3H2,1-2H3,(H,17,18,19);. The van der Waals surface area contributed by atoms with E-state index in [0.717, 1.165) is 16.7 Å². The van der Waals surface area contributed by atoms with Gasteiger partial charge in [-0.15, -0.1) is 0 Å². The van der Waals surface area contributed by atoms with Crippen molar-refractivity contribution >= 4 is 29.5 Å². The summed E-state index contributed by atoms with van der Waals surface area (Å²) >= 11 is 6.18. The third kappa shape index (κ3) is 5.13. The molecule has 0 aliphatic carbocycles. The van der Waals surface area contributed by atoms with Crippen LogP contribution in [0.25, 0.3) is 11.1 Å². The van der Waals surface area contributed by atoms with Crippen LogP contribution in [0.4, 0.5) is 5.82 Å². The number of carbonyl (C=O) groups is 1. The van der Waals surface area contributed by atoms with Crippen molar-refractivity contribution in [3.63, 3.8) is 0 Å². The van der Waals surface area contributed by atoms with Crippen LogP contribution in [0.2, 0.25) is 5.02 Å². The van der Waals surface area contributed by atoms with Crippen molar-refractivity contribution < 1.29 is 14.4 Å². The molecule has 0 aliphatic rings. The first kappa shape index (κ1) is 17.6. The number of pyridine rings is 1. The molecule has 2 aromatic rings. The first-order valence-corrected chi connectivity index (χ1v) is 6.91. The Balaban J connectivity index is 0.000000745. The molecule has 6 heteroatoms. The number of halogens is 1. The molecule has 1 aromatic heterocycles. The predicted octanol–water partition coefficient (Wildman–Crippen LogP) is 3.48. The molecule has 1 aromatic carbocycles. The molecule has 2 rings (SSSR count). The fourth-order valence-corrected chi connectivity index (χ4v) is 1.95. The second-order valence-corrected chi connectivity index (χ2v) is 4.81. The van der Waals surface area contributed by atoms with Gasteiger partial charge in [0.2, 0.25) is 5.91 Å². The van der Waals surface area contributed by atoms with Gasteiger partial charge >= 0.3 is 6.15 Å². The molecule has 0 spiro atoms. The average molecular weight is 319 g/mol. The number of rotatable bonds is 3. The number of nitrogens with zero attached hydrogens (tertiary/aromatic N) is 1. The monoisotopic (exact) mass is 318 g/mol. The SMILES string of the molecule is CCC(=O)Nc1ccc(-c2cc(C)ccc2Cl)cn1.O=C=O. The summed E-state index contributed by atoms with van der Waals surface area (Å²) < 4.78 is 0. The van der Waals surface area contributed by atoms with Crippen LogP contribution in [0.15, 0.2) is 36.5 Å². The van der Waals surface area contributed by atoms with Crippen LogP contribution in [0.3, 0.4) is 0 Å². The molecule has 114 valence electrons. The lowest BCUT2D eigenvalue weighted by Crippen LogP contribution is -2.10. The Morgan fingerprint density at radius 3 is 2.50 bits per heavy atom. The molecule has 0 bridgehead atoms. The van der Waals surface area contributed by atoms with Crippen LogP contribution in [0.1, 0.15) is 18.9 Å². The van der Waals surface area contributed by atoms with Crippen molar-refractivity contribution in [1.29, 1.82) is 0 Å². The van der Waals surface area contributed by atoms with E-state index in [0.29, 0.717) is 17.3 Å². The first-order valence-electron chi connectivity index (χ1n) is 6.53. The van der Waals surface area contributed by atoms with Crippen molar-refractivity contribution in [2.24, 2.45) is 0 Å². The lowest BCUT2D eigenvalue weighted by Gasteiger charge is -2.07. The number of nitrogens with one attached hydrogen (secondary N) is 1. The molecule has 0 atom stereocenters. The topological polar surface area (TPSA) is 76.1 Å². The number of amides is 1. The molecule has 0 saturated carbocycles. The minimum atomic E-state index is -0.0474. The molecule has 0 fully saturated rings. The van der Waals surface area contributed by atoms with Crippen molar-refractivity contribution in [3.8, 4) is 11.1 Å². The Kier molecular flexibility index (Phi) is 6.96. The minimum absolute atomic E-state index is 0.0474. The van der Waals surface area contributed by atoms with Crippen LogP contribution in [-0.4, -0.2) is 17.0 Å². The van der Waals surface area contributed by atoms with Crippen LogP contribution in [-0.2, 0) is 14.4 Å². The number of hydrogen-bond acceptors (Lipinski definition) is 4. The largest absolute Gasteiger partial charge is 0.373 e. The highest BCUT2D eigenvalue weighted by Gasteiger charge is 2.05. The molecule has 0 saturated heterocycles. The van der Waals surface area contributed by atoms with Gasteiger partial charge in [0.05, 0.1) is 0 Å². The fraction of sp³-hybridized carbons (Fsp3) is 0.188. The van der Waals surface area contributed by atoms with E-state index in [1.807, 2.05) is 31.2 Å². The Bertz CT molecular complexity index is 678. The Morgan fingerprint density at radius 1 is 1.27 bits per heavy atom. The molecule has 1 heterocycles. The van der Waals surface area contributed by atoms with Gasteiger partial charge in [0.1, 0.15) is 5.82 Å². The molecule has 0 radical (unpaired) electrons. The zero-order valence-corrected chi connectivity index (χ0v) is 13.0. The quantitative estimate of drug-likeness (QED) is 0.940. The van der Waals surface area contributed by atoms with Crippen LogP contribution < -0.4 is 5.32 Å². The number of aryl methyl sites for hydroxylation is 1. The van der Waals surface area contributed by atoms with E-state index >= 15 is 0 Å². The number of anilines is 1. The van der Waals surface area contributed by atoms with E-state index in [9.17, 15) is 4.79 Å². The molecule has 0 unspecified atom stereocenters. The molecule has 0 aliphatic heterocycles. The fourth-order valence-electron chi connectivity index (χ4n) is 1.72. The lowest BCUT2D eigenvalue weighted by molar-refractivity contribution is -0.191. The third-order valence-corrected chi connectivity index (χ3v) is 3.11. The normalized spacial score (nSPS) is 9.23. The summed E-state index contributed by atoms with van der Waals surface area (Å²) in [6, 6.07) is 9.54. The molecule has 5 nitrogen and oxygen atoms in total. The number of hydrogen-bond donors (Lipinski definition) is 1. The highest BCUT2D eigenvalue weighted by Crippen LogP contribution is 2.28. The van der Waals surface area contributed by atoms with Gasteiger partial charge in [0.25, 0.3) is 0 Å². The summed E-state index contributed by atoms with van der Waals surface area (Å²) in [6.45, 7) is 3.82. The van der Waals surface area contributed by atoms with Gasteiger partial charge in [0.15, 0.2) is 0 Å². The van der Waals surface area contributed by atoms with E-state index in [1.165, 1.54) is 0 Å². The van der Waals surface area contributed by atoms with Crippen molar-refractivity contribution in [1.82, 2.24) is 4.98 Å². The molecular formula is C16H15ClN2O3. The zero-order chi connectivity index (χ0) is 16.5. The Hall–Kier alpha value is -2.49. The molecule has 1 N–H and O–H groups in total. The summed E-state index contributed by atoms with van der Waals surface area (Å²) in [5, 5.41) is 3.41.